The van der Waals surface area contributed by atoms with Gasteiger partial charge in [0.05, 0.1) is 6.54 Å². The summed E-state index contributed by atoms with van der Waals surface area (Å²) in [6.07, 6.45) is 1.68. The number of hydrogen-bond acceptors (Lipinski definition) is 4. The highest BCUT2D eigenvalue weighted by molar-refractivity contribution is 8.15. The maximum absolute atomic E-state index is 12.9. The predicted octanol–water partition coefficient (Wildman–Crippen LogP) is 4.57. The van der Waals surface area contributed by atoms with Crippen LogP contribution >= 0.6 is 23.4 Å². The summed E-state index contributed by atoms with van der Waals surface area (Å²) in [6.45, 7) is 4.70. The quantitative estimate of drug-likeness (QED) is 0.853. The molecule has 7 heteroatoms. The van der Waals surface area contributed by atoms with E-state index in [-0.39, 0.29) is 6.03 Å². The normalized spacial score (nSPS) is 16.6. The largest absolute Gasteiger partial charge is 0.333 e. The van der Waals surface area contributed by atoms with Gasteiger partial charge in [0.2, 0.25) is 0 Å². The summed E-state index contributed by atoms with van der Waals surface area (Å²) in [5.41, 5.74) is 1.58. The number of nitrogens with zero attached hydrogens (tertiary/aromatic N) is 3. The first-order chi connectivity index (χ1) is 11.5. The zero-order chi connectivity index (χ0) is 17.1. The van der Waals surface area contributed by atoms with Crippen LogP contribution in [0.1, 0.15) is 12.5 Å². The Morgan fingerprint density at radius 2 is 2.08 bits per heavy atom. The number of rotatable bonds is 2. The molecule has 1 atom stereocenters. The van der Waals surface area contributed by atoms with Gasteiger partial charge < -0.3 is 5.32 Å². The van der Waals surface area contributed by atoms with Crippen molar-refractivity contribution in [3.8, 4) is 0 Å². The summed E-state index contributed by atoms with van der Waals surface area (Å²) in [4.78, 5) is 23.3. The molecule has 1 N–H and O–H groups in total. The van der Waals surface area contributed by atoms with Crippen molar-refractivity contribution < 1.29 is 4.79 Å². The molecule has 2 aromatic rings. The summed E-state index contributed by atoms with van der Waals surface area (Å²) >= 11 is 7.46. The smallest absolute Gasteiger partial charge is 0.307 e. The fraction of sp³-hybridized carbons (Fsp3) is 0.235. The van der Waals surface area contributed by atoms with Crippen LogP contribution in [0.15, 0.2) is 47.6 Å². The summed E-state index contributed by atoms with van der Waals surface area (Å²) < 4.78 is 0. The maximum Gasteiger partial charge on any atom is 0.333 e. The van der Waals surface area contributed by atoms with Crippen LogP contribution in [0.5, 0.6) is 0 Å². The van der Waals surface area contributed by atoms with Gasteiger partial charge in [-0.2, -0.15) is 0 Å². The zero-order valence-electron chi connectivity index (χ0n) is 13.4. The highest BCUT2D eigenvalue weighted by atomic mass is 35.5. The highest BCUT2D eigenvalue weighted by Gasteiger charge is 2.29. The molecule has 0 saturated heterocycles. The zero-order valence-corrected chi connectivity index (χ0v) is 14.9. The molecule has 0 spiro atoms. The summed E-state index contributed by atoms with van der Waals surface area (Å²) in [6, 6.07) is 10.5. The minimum absolute atomic E-state index is 0.292. The van der Waals surface area contributed by atoms with E-state index in [1.807, 2.05) is 19.1 Å². The van der Waals surface area contributed by atoms with Crippen LogP contribution in [0.2, 0.25) is 5.02 Å². The fourth-order valence-corrected chi connectivity index (χ4v) is 3.34. The van der Waals surface area contributed by atoms with Crippen LogP contribution in [0.4, 0.5) is 16.3 Å². The van der Waals surface area contributed by atoms with Crippen molar-refractivity contribution in [3.63, 3.8) is 0 Å². The maximum atomic E-state index is 12.9. The lowest BCUT2D eigenvalue weighted by molar-refractivity contribution is 0.259. The Morgan fingerprint density at radius 3 is 2.71 bits per heavy atom. The second-order valence-corrected chi connectivity index (χ2v) is 7.31. The van der Waals surface area contributed by atoms with E-state index in [1.165, 1.54) is 4.90 Å². The van der Waals surface area contributed by atoms with Gasteiger partial charge in [-0.05, 0) is 42.8 Å². The summed E-state index contributed by atoms with van der Waals surface area (Å²) in [5.74, 6) is 0.587. The average molecular weight is 361 g/mol. The fourth-order valence-electron chi connectivity index (χ4n) is 2.28. The number of urea groups is 1. The Morgan fingerprint density at radius 1 is 1.33 bits per heavy atom. The molecule has 2 amide bonds. The Balaban J connectivity index is 1.91. The molecule has 0 radical (unpaired) electrons. The molecule has 0 fully saturated rings. The van der Waals surface area contributed by atoms with Crippen molar-refractivity contribution >= 4 is 46.1 Å². The van der Waals surface area contributed by atoms with Crippen LogP contribution < -0.4 is 10.2 Å². The molecule has 3 rings (SSSR count). The van der Waals surface area contributed by atoms with Crippen LogP contribution in [0, 0.1) is 6.92 Å². The number of halogens is 1. The number of pyridine rings is 1. The Hall–Kier alpha value is -2.05. The van der Waals surface area contributed by atoms with Crippen molar-refractivity contribution in [2.75, 3.05) is 16.8 Å². The monoisotopic (exact) mass is 360 g/mol. The second kappa shape index (κ2) is 7.23. The number of anilines is 2. The third-order valence-corrected chi connectivity index (χ3v) is 4.80. The Labute approximate surface area is 150 Å². The number of amidine groups is 1. The molecule has 1 aromatic carbocycles. The topological polar surface area (TPSA) is 57.6 Å². The second-order valence-electron chi connectivity index (χ2n) is 5.47. The molecule has 1 aromatic heterocycles. The Bertz CT molecular complexity index is 778. The number of benzene rings is 1. The van der Waals surface area contributed by atoms with Gasteiger partial charge in [0.1, 0.15) is 5.82 Å². The van der Waals surface area contributed by atoms with Crippen LogP contribution in [-0.2, 0) is 0 Å². The van der Waals surface area contributed by atoms with E-state index in [2.05, 4.69) is 22.2 Å². The lowest BCUT2D eigenvalue weighted by Crippen LogP contribution is -2.39. The molecular weight excluding hydrogens is 344 g/mol. The molecule has 24 heavy (non-hydrogen) atoms. The lowest BCUT2D eigenvalue weighted by atomic mass is 10.3. The molecule has 2 heterocycles. The van der Waals surface area contributed by atoms with Crippen molar-refractivity contribution in [1.82, 2.24) is 4.98 Å². The third kappa shape index (κ3) is 3.71. The summed E-state index contributed by atoms with van der Waals surface area (Å²) in [5, 5.41) is 4.51. The van der Waals surface area contributed by atoms with Crippen molar-refractivity contribution in [1.29, 1.82) is 0 Å². The number of carbonyl (C=O) groups excluding carboxylic acids is 1. The number of aromatic nitrogens is 1. The third-order valence-electron chi connectivity index (χ3n) is 3.47. The first-order valence-corrected chi connectivity index (χ1v) is 8.80. The van der Waals surface area contributed by atoms with E-state index < -0.39 is 0 Å². The number of carbonyl (C=O) groups is 1. The van der Waals surface area contributed by atoms with E-state index in [0.717, 1.165) is 5.56 Å². The predicted molar refractivity (Wildman–Crippen MR) is 101 cm³/mol. The van der Waals surface area contributed by atoms with Gasteiger partial charge in [0.15, 0.2) is 5.17 Å². The number of thioether (sulfide) groups is 1. The molecule has 0 saturated carbocycles. The molecule has 5 nitrogen and oxygen atoms in total. The van der Waals surface area contributed by atoms with Gasteiger partial charge in [-0.3, -0.25) is 4.99 Å². The molecule has 124 valence electrons. The van der Waals surface area contributed by atoms with Gasteiger partial charge in [0.25, 0.3) is 0 Å². The van der Waals surface area contributed by atoms with Crippen LogP contribution in [-0.4, -0.2) is 28.0 Å². The number of aryl methyl sites for hydroxylation is 1. The van der Waals surface area contributed by atoms with Gasteiger partial charge >= 0.3 is 6.03 Å². The van der Waals surface area contributed by atoms with E-state index in [4.69, 9.17) is 11.6 Å². The van der Waals surface area contributed by atoms with Crippen molar-refractivity contribution in [2.45, 2.75) is 19.1 Å². The van der Waals surface area contributed by atoms with E-state index in [9.17, 15) is 4.79 Å². The summed E-state index contributed by atoms with van der Waals surface area (Å²) in [7, 11) is 0. The van der Waals surface area contributed by atoms with E-state index in [0.29, 0.717) is 33.5 Å². The number of aliphatic imine (C=N–C) groups is 1. The molecule has 1 aliphatic heterocycles. The molecule has 1 aliphatic rings. The molecule has 1 unspecified atom stereocenters. The van der Waals surface area contributed by atoms with Crippen molar-refractivity contribution in [3.05, 3.63) is 53.2 Å². The highest BCUT2D eigenvalue weighted by Crippen LogP contribution is 2.28. The first-order valence-electron chi connectivity index (χ1n) is 7.54. The number of hydrogen-bond donors (Lipinski definition) is 1. The molecule has 0 bridgehead atoms. The van der Waals surface area contributed by atoms with Crippen LogP contribution in [0.3, 0.4) is 0 Å². The van der Waals surface area contributed by atoms with Crippen molar-refractivity contribution in [2.24, 2.45) is 4.99 Å². The SMILES string of the molecule is Cc1cccnc1N(C(=O)Nc1ccc(Cl)cc1)C1=NCC(C)S1. The van der Waals surface area contributed by atoms with Crippen LogP contribution in [0.25, 0.3) is 0 Å². The molecule has 0 aliphatic carbocycles. The van der Waals surface area contributed by atoms with E-state index in [1.54, 1.807) is 42.2 Å². The first kappa shape index (κ1) is 16.8. The lowest BCUT2D eigenvalue weighted by Gasteiger charge is -2.23. The number of nitrogens with one attached hydrogen (secondary N) is 1. The van der Waals surface area contributed by atoms with Gasteiger partial charge in [-0.1, -0.05) is 36.4 Å². The Kier molecular flexibility index (Phi) is 5.06. The average Bonchev–Trinajstić information content (AvgIpc) is 2.98. The van der Waals surface area contributed by atoms with E-state index >= 15 is 0 Å². The minimum Gasteiger partial charge on any atom is -0.307 e. The van der Waals surface area contributed by atoms with Gasteiger partial charge in [-0.15, -0.1) is 0 Å². The molecular formula is C17H17ClN4OS. The van der Waals surface area contributed by atoms with Gasteiger partial charge in [-0.25, -0.2) is 14.7 Å². The standard InChI is InChI=1S/C17H17ClN4OS/c1-11-4-3-9-19-15(11)22(17-20-10-12(2)24-17)16(23)21-14-7-5-13(18)6-8-14/h3-9,12H,10H2,1-2H3,(H,21,23). The minimum atomic E-state index is -0.292. The van der Waals surface area contributed by atoms with Gasteiger partial charge in [0, 0.05) is 22.2 Å². The number of amides is 2.